The van der Waals surface area contributed by atoms with E-state index in [2.05, 4.69) is 27.5 Å². The Morgan fingerprint density at radius 1 is 1.19 bits per heavy atom. The highest BCUT2D eigenvalue weighted by Crippen LogP contribution is 2.13. The number of hydrogen-bond donors (Lipinski definition) is 2. The SMILES string of the molecule is CCCc1nc(NCC)cc(NCC(=O)N2CCCC2)n1. The normalized spacial score (nSPS) is 14.3. The first-order chi connectivity index (χ1) is 10.2. The van der Waals surface area contributed by atoms with E-state index >= 15 is 0 Å². The zero-order chi connectivity index (χ0) is 15.1. The number of aryl methyl sites for hydroxylation is 1. The van der Waals surface area contributed by atoms with Gasteiger partial charge in [0.25, 0.3) is 0 Å². The van der Waals surface area contributed by atoms with Crippen molar-refractivity contribution in [3.63, 3.8) is 0 Å². The number of anilines is 2. The lowest BCUT2D eigenvalue weighted by atomic mass is 10.3. The summed E-state index contributed by atoms with van der Waals surface area (Å²) in [7, 11) is 0. The molecular weight excluding hydrogens is 266 g/mol. The predicted molar refractivity (Wildman–Crippen MR) is 84.5 cm³/mol. The number of amides is 1. The summed E-state index contributed by atoms with van der Waals surface area (Å²) in [6, 6.07) is 1.86. The van der Waals surface area contributed by atoms with Crippen molar-refractivity contribution in [3.05, 3.63) is 11.9 Å². The van der Waals surface area contributed by atoms with Crippen LogP contribution in [0.5, 0.6) is 0 Å². The first-order valence-corrected chi connectivity index (χ1v) is 7.86. The lowest BCUT2D eigenvalue weighted by Gasteiger charge is -2.16. The third-order valence-corrected chi connectivity index (χ3v) is 3.48. The van der Waals surface area contributed by atoms with Gasteiger partial charge in [0, 0.05) is 32.1 Å². The number of carbonyl (C=O) groups is 1. The summed E-state index contributed by atoms with van der Waals surface area (Å²) in [5.41, 5.74) is 0. The van der Waals surface area contributed by atoms with E-state index in [1.165, 1.54) is 0 Å². The van der Waals surface area contributed by atoms with Crippen molar-refractivity contribution in [1.82, 2.24) is 14.9 Å². The van der Waals surface area contributed by atoms with Crippen molar-refractivity contribution >= 4 is 17.5 Å². The number of nitrogens with zero attached hydrogens (tertiary/aromatic N) is 3. The molecule has 1 aromatic rings. The highest BCUT2D eigenvalue weighted by molar-refractivity contribution is 5.80. The standard InChI is InChI=1S/C15H25N5O/c1-3-7-12-18-13(16-4-2)10-14(19-12)17-11-15(21)20-8-5-6-9-20/h10H,3-9,11H2,1-2H3,(H2,16,17,18,19). The molecule has 1 aliphatic rings. The molecule has 6 heteroatoms. The van der Waals surface area contributed by atoms with Crippen LogP contribution >= 0.6 is 0 Å². The molecule has 0 radical (unpaired) electrons. The minimum absolute atomic E-state index is 0.146. The molecule has 6 nitrogen and oxygen atoms in total. The molecule has 1 aromatic heterocycles. The smallest absolute Gasteiger partial charge is 0.241 e. The van der Waals surface area contributed by atoms with E-state index in [9.17, 15) is 4.79 Å². The minimum Gasteiger partial charge on any atom is -0.370 e. The van der Waals surface area contributed by atoms with Gasteiger partial charge in [-0.1, -0.05) is 6.92 Å². The Bertz CT molecular complexity index is 447. The molecule has 116 valence electrons. The number of carbonyl (C=O) groups excluding carboxylic acids is 1. The van der Waals surface area contributed by atoms with Gasteiger partial charge in [0.15, 0.2) is 0 Å². The van der Waals surface area contributed by atoms with Gasteiger partial charge in [-0.2, -0.15) is 0 Å². The Morgan fingerprint density at radius 3 is 2.48 bits per heavy atom. The van der Waals surface area contributed by atoms with Gasteiger partial charge in [0.05, 0.1) is 6.54 Å². The van der Waals surface area contributed by atoms with E-state index in [1.807, 2.05) is 17.9 Å². The van der Waals surface area contributed by atoms with Crippen molar-refractivity contribution in [1.29, 1.82) is 0 Å². The molecule has 21 heavy (non-hydrogen) atoms. The summed E-state index contributed by atoms with van der Waals surface area (Å²) in [5.74, 6) is 2.49. The Balaban J connectivity index is 1.98. The maximum Gasteiger partial charge on any atom is 0.241 e. The molecule has 1 amide bonds. The van der Waals surface area contributed by atoms with Crippen molar-refractivity contribution in [2.75, 3.05) is 36.8 Å². The maximum absolute atomic E-state index is 12.0. The Hall–Kier alpha value is -1.85. The van der Waals surface area contributed by atoms with Gasteiger partial charge < -0.3 is 15.5 Å². The first kappa shape index (κ1) is 15.5. The number of aromatic nitrogens is 2. The van der Waals surface area contributed by atoms with E-state index in [-0.39, 0.29) is 5.91 Å². The third-order valence-electron chi connectivity index (χ3n) is 3.48. The second-order valence-electron chi connectivity index (χ2n) is 5.28. The van der Waals surface area contributed by atoms with E-state index in [1.54, 1.807) is 0 Å². The van der Waals surface area contributed by atoms with E-state index in [0.717, 1.165) is 62.8 Å². The fraction of sp³-hybridized carbons (Fsp3) is 0.667. The van der Waals surface area contributed by atoms with Crippen LogP contribution in [0.15, 0.2) is 6.07 Å². The average molecular weight is 291 g/mol. The van der Waals surface area contributed by atoms with Crippen LogP contribution in [-0.2, 0) is 11.2 Å². The second kappa shape index (κ2) is 7.81. The highest BCUT2D eigenvalue weighted by atomic mass is 16.2. The van der Waals surface area contributed by atoms with Gasteiger partial charge in [0.1, 0.15) is 17.5 Å². The highest BCUT2D eigenvalue weighted by Gasteiger charge is 2.17. The molecular formula is C15H25N5O. The Kier molecular flexibility index (Phi) is 5.78. The van der Waals surface area contributed by atoms with Gasteiger partial charge >= 0.3 is 0 Å². The first-order valence-electron chi connectivity index (χ1n) is 7.86. The van der Waals surface area contributed by atoms with Crippen LogP contribution in [0.2, 0.25) is 0 Å². The topological polar surface area (TPSA) is 70.2 Å². The summed E-state index contributed by atoms with van der Waals surface area (Å²) >= 11 is 0. The lowest BCUT2D eigenvalue weighted by molar-refractivity contribution is -0.128. The number of rotatable bonds is 7. The van der Waals surface area contributed by atoms with Crippen LogP contribution in [0.1, 0.15) is 38.9 Å². The van der Waals surface area contributed by atoms with Crippen LogP contribution in [0.4, 0.5) is 11.6 Å². The number of hydrogen-bond acceptors (Lipinski definition) is 5. The Labute approximate surface area is 126 Å². The summed E-state index contributed by atoms with van der Waals surface area (Å²) in [6.45, 7) is 7.02. The minimum atomic E-state index is 0.146. The average Bonchev–Trinajstić information content (AvgIpc) is 2.99. The fourth-order valence-electron chi connectivity index (χ4n) is 2.44. The summed E-state index contributed by atoms with van der Waals surface area (Å²) in [5, 5.41) is 6.34. The van der Waals surface area contributed by atoms with Crippen LogP contribution in [0.25, 0.3) is 0 Å². The summed E-state index contributed by atoms with van der Waals surface area (Å²) in [6.07, 6.45) is 4.07. The van der Waals surface area contributed by atoms with Crippen molar-refractivity contribution in [2.24, 2.45) is 0 Å². The summed E-state index contributed by atoms with van der Waals surface area (Å²) in [4.78, 5) is 22.9. The monoisotopic (exact) mass is 291 g/mol. The van der Waals surface area contributed by atoms with Crippen molar-refractivity contribution < 1.29 is 4.79 Å². The molecule has 0 unspecified atom stereocenters. The molecule has 2 N–H and O–H groups in total. The molecule has 0 atom stereocenters. The van der Waals surface area contributed by atoms with Crippen molar-refractivity contribution in [2.45, 2.75) is 39.5 Å². The number of likely N-dealkylation sites (tertiary alicyclic amines) is 1. The van der Waals surface area contributed by atoms with Gasteiger partial charge in [-0.25, -0.2) is 9.97 Å². The predicted octanol–water partition coefficient (Wildman–Crippen LogP) is 1.90. The van der Waals surface area contributed by atoms with Crippen LogP contribution in [0, 0.1) is 0 Å². The molecule has 2 heterocycles. The molecule has 2 rings (SSSR count). The van der Waals surface area contributed by atoms with E-state index in [4.69, 9.17) is 0 Å². The molecule has 0 bridgehead atoms. The molecule has 1 aliphatic heterocycles. The van der Waals surface area contributed by atoms with Crippen LogP contribution in [0.3, 0.4) is 0 Å². The van der Waals surface area contributed by atoms with Gasteiger partial charge in [-0.05, 0) is 26.2 Å². The van der Waals surface area contributed by atoms with Crippen LogP contribution in [-0.4, -0.2) is 47.0 Å². The van der Waals surface area contributed by atoms with Gasteiger partial charge in [-0.3, -0.25) is 4.79 Å². The maximum atomic E-state index is 12.0. The molecule has 0 spiro atoms. The van der Waals surface area contributed by atoms with Gasteiger partial charge in [-0.15, -0.1) is 0 Å². The molecule has 0 saturated carbocycles. The molecule has 1 fully saturated rings. The quantitative estimate of drug-likeness (QED) is 0.803. The van der Waals surface area contributed by atoms with Crippen LogP contribution < -0.4 is 10.6 Å². The van der Waals surface area contributed by atoms with Crippen molar-refractivity contribution in [3.8, 4) is 0 Å². The summed E-state index contributed by atoms with van der Waals surface area (Å²) < 4.78 is 0. The fourth-order valence-corrected chi connectivity index (χ4v) is 2.44. The lowest BCUT2D eigenvalue weighted by Crippen LogP contribution is -2.33. The zero-order valence-corrected chi connectivity index (χ0v) is 13.0. The van der Waals surface area contributed by atoms with E-state index < -0.39 is 0 Å². The molecule has 0 aromatic carbocycles. The second-order valence-corrected chi connectivity index (χ2v) is 5.28. The third kappa shape index (κ3) is 4.58. The zero-order valence-electron chi connectivity index (χ0n) is 13.0. The van der Waals surface area contributed by atoms with Gasteiger partial charge in [0.2, 0.25) is 5.91 Å². The largest absolute Gasteiger partial charge is 0.370 e. The molecule has 1 saturated heterocycles. The number of nitrogens with one attached hydrogen (secondary N) is 2. The Morgan fingerprint density at radius 2 is 1.86 bits per heavy atom. The molecule has 0 aliphatic carbocycles. The van der Waals surface area contributed by atoms with E-state index in [0.29, 0.717) is 6.54 Å².